The van der Waals surface area contributed by atoms with E-state index in [-0.39, 0.29) is 23.8 Å². The van der Waals surface area contributed by atoms with Gasteiger partial charge in [-0.15, -0.1) is 0 Å². The fourth-order valence-corrected chi connectivity index (χ4v) is 4.22. The van der Waals surface area contributed by atoms with E-state index in [9.17, 15) is 9.18 Å². The second-order valence-corrected chi connectivity index (χ2v) is 8.20. The monoisotopic (exact) mass is 456 g/mol. The van der Waals surface area contributed by atoms with E-state index in [2.05, 4.69) is 10.1 Å². The number of aliphatic imine (C=N–C) groups is 1. The molecule has 0 radical (unpaired) electrons. The van der Waals surface area contributed by atoms with E-state index in [0.717, 1.165) is 5.56 Å². The van der Waals surface area contributed by atoms with Crippen molar-refractivity contribution in [1.82, 2.24) is 5.01 Å². The Labute approximate surface area is 193 Å². The molecule has 1 amide bonds. The smallest absolute Gasteiger partial charge is 0.283 e. The number of halogens is 1. The van der Waals surface area contributed by atoms with Crippen molar-refractivity contribution >= 4 is 39.8 Å². The molecule has 2 heterocycles. The maximum atomic E-state index is 13.8. The van der Waals surface area contributed by atoms with Crippen LogP contribution in [0.4, 0.5) is 4.39 Å². The Morgan fingerprint density at radius 2 is 1.82 bits per heavy atom. The number of thioether (sulfide) groups is 1. The van der Waals surface area contributed by atoms with Crippen LogP contribution in [0.1, 0.15) is 16.7 Å². The number of benzene rings is 3. The van der Waals surface area contributed by atoms with Crippen LogP contribution < -0.4 is 4.74 Å². The van der Waals surface area contributed by atoms with Crippen molar-refractivity contribution < 1.29 is 13.9 Å². The van der Waals surface area contributed by atoms with Gasteiger partial charge in [0.2, 0.25) is 5.17 Å². The number of hydrogen-bond acceptors (Lipinski definition) is 5. The molecule has 6 nitrogen and oxygen atoms in total. The van der Waals surface area contributed by atoms with Crippen molar-refractivity contribution in [2.45, 2.75) is 6.61 Å². The Hall–Kier alpha value is -4.04. The number of amides is 1. The van der Waals surface area contributed by atoms with Crippen molar-refractivity contribution in [3.05, 3.63) is 107 Å². The van der Waals surface area contributed by atoms with Crippen LogP contribution in [0.2, 0.25) is 0 Å². The molecule has 0 spiro atoms. The molecule has 1 N–H and O–H groups in total. The summed E-state index contributed by atoms with van der Waals surface area (Å²) in [6.07, 6.45) is 1.58. The Morgan fingerprint density at radius 1 is 1.03 bits per heavy atom. The average molecular weight is 457 g/mol. The predicted molar refractivity (Wildman–Crippen MR) is 128 cm³/mol. The highest BCUT2D eigenvalue weighted by Crippen LogP contribution is 2.31. The molecule has 0 aliphatic carbocycles. The minimum Gasteiger partial charge on any atom is -0.489 e. The molecule has 162 valence electrons. The maximum Gasteiger partial charge on any atom is 0.283 e. The molecule has 3 aromatic carbocycles. The largest absolute Gasteiger partial charge is 0.489 e. The maximum absolute atomic E-state index is 13.8. The lowest BCUT2D eigenvalue weighted by Crippen LogP contribution is -2.35. The molecule has 0 aromatic heterocycles. The van der Waals surface area contributed by atoms with Crippen LogP contribution in [-0.2, 0) is 11.4 Å². The van der Waals surface area contributed by atoms with Gasteiger partial charge < -0.3 is 4.74 Å². The Kier molecular flexibility index (Phi) is 5.58. The van der Waals surface area contributed by atoms with Gasteiger partial charge in [0.1, 0.15) is 23.2 Å². The van der Waals surface area contributed by atoms with Gasteiger partial charge in [0, 0.05) is 11.1 Å². The van der Waals surface area contributed by atoms with Crippen LogP contribution in [0.15, 0.2) is 94.5 Å². The zero-order valence-corrected chi connectivity index (χ0v) is 18.1. The fraction of sp³-hybridized carbons (Fsp3) is 0.0400. The number of rotatable bonds is 5. The number of ether oxygens (including phenoxy) is 1. The molecular formula is C25H17FN4O2S. The molecule has 0 unspecified atom stereocenters. The average Bonchev–Trinajstić information content (AvgIpc) is 3.26. The zero-order chi connectivity index (χ0) is 22.8. The van der Waals surface area contributed by atoms with Gasteiger partial charge in [-0.1, -0.05) is 60.7 Å². The van der Waals surface area contributed by atoms with Crippen LogP contribution in [0.3, 0.4) is 0 Å². The Balaban J connectivity index is 1.37. The van der Waals surface area contributed by atoms with Gasteiger partial charge in [-0.2, -0.15) is 15.1 Å². The summed E-state index contributed by atoms with van der Waals surface area (Å²) in [5.74, 6) is -0.348. The summed E-state index contributed by atoms with van der Waals surface area (Å²) in [5.41, 5.74) is 2.13. The van der Waals surface area contributed by atoms with Crippen LogP contribution in [-0.4, -0.2) is 27.0 Å². The number of hydrogen-bond donors (Lipinski definition) is 1. The summed E-state index contributed by atoms with van der Waals surface area (Å²) >= 11 is 1.26. The van der Waals surface area contributed by atoms with Crippen LogP contribution >= 0.6 is 11.8 Å². The molecule has 0 saturated carbocycles. The molecule has 2 aliphatic rings. The van der Waals surface area contributed by atoms with Gasteiger partial charge in [0.25, 0.3) is 5.91 Å². The molecule has 33 heavy (non-hydrogen) atoms. The molecule has 2 aliphatic heterocycles. The van der Waals surface area contributed by atoms with Crippen LogP contribution in [0, 0.1) is 11.2 Å². The lowest BCUT2D eigenvalue weighted by molar-refractivity contribution is -0.114. The summed E-state index contributed by atoms with van der Waals surface area (Å²) in [7, 11) is 0. The number of carbonyl (C=O) groups excluding carboxylic acids is 1. The lowest BCUT2D eigenvalue weighted by atomic mass is 10.1. The summed E-state index contributed by atoms with van der Waals surface area (Å²) in [5, 5.41) is 15.4. The summed E-state index contributed by atoms with van der Waals surface area (Å²) in [6, 6.07) is 23.0. The number of hydrazone groups is 1. The lowest BCUT2D eigenvalue weighted by Gasteiger charge is -2.20. The number of nitrogens with one attached hydrogen (secondary N) is 1. The zero-order valence-electron chi connectivity index (χ0n) is 17.2. The third-order valence-electron chi connectivity index (χ3n) is 5.00. The fourth-order valence-electron chi connectivity index (χ4n) is 3.33. The third-order valence-corrected chi connectivity index (χ3v) is 5.95. The predicted octanol–water partition coefficient (Wildman–Crippen LogP) is 5.07. The highest BCUT2D eigenvalue weighted by Gasteiger charge is 2.35. The van der Waals surface area contributed by atoms with Crippen molar-refractivity contribution in [1.29, 1.82) is 5.41 Å². The summed E-state index contributed by atoms with van der Waals surface area (Å²) in [4.78, 5) is 16.8. The Bertz CT molecular complexity index is 1350. The van der Waals surface area contributed by atoms with Gasteiger partial charge in [-0.05, 0) is 41.6 Å². The minimum absolute atomic E-state index is 0.0406. The van der Waals surface area contributed by atoms with Crippen molar-refractivity contribution in [3.63, 3.8) is 0 Å². The number of amidine groups is 2. The molecule has 8 heteroatoms. The number of fused-ring (bicyclic) bond motifs is 1. The standard InChI is InChI=1S/C25H17FN4O2S/c26-21-12-5-4-10-18(21)15-32-19-11-6-7-16(13-19)14-20-22(27)30-25(28-23(20)31)33-24(29-30)17-8-2-1-3-9-17/h1-14,27H,15H2. The number of nitrogens with zero attached hydrogens (tertiary/aromatic N) is 3. The van der Waals surface area contributed by atoms with E-state index in [4.69, 9.17) is 10.1 Å². The molecule has 0 fully saturated rings. The first-order chi connectivity index (χ1) is 16.1. The topological polar surface area (TPSA) is 78.1 Å². The molecule has 0 saturated heterocycles. The second kappa shape index (κ2) is 8.84. The molecule has 0 bridgehead atoms. The van der Waals surface area contributed by atoms with E-state index < -0.39 is 5.91 Å². The van der Waals surface area contributed by atoms with Gasteiger partial charge in [-0.3, -0.25) is 10.2 Å². The molecule has 3 aromatic rings. The van der Waals surface area contributed by atoms with E-state index in [0.29, 0.717) is 27.1 Å². The van der Waals surface area contributed by atoms with E-state index in [1.807, 2.05) is 30.3 Å². The quantitative estimate of drug-likeness (QED) is 0.544. The minimum atomic E-state index is -0.499. The molecule has 0 atom stereocenters. The SMILES string of the molecule is N=C1C(=Cc2cccc(OCc3ccccc3F)c2)C(=O)N=C2SC(c3ccccc3)=NN12. The highest BCUT2D eigenvalue weighted by molar-refractivity contribution is 8.27. The van der Waals surface area contributed by atoms with Crippen molar-refractivity contribution in [2.24, 2.45) is 10.1 Å². The van der Waals surface area contributed by atoms with E-state index in [1.165, 1.54) is 22.8 Å². The highest BCUT2D eigenvalue weighted by atomic mass is 32.2. The van der Waals surface area contributed by atoms with Crippen molar-refractivity contribution in [3.8, 4) is 5.75 Å². The van der Waals surface area contributed by atoms with Crippen LogP contribution in [0.25, 0.3) is 6.08 Å². The molecule has 5 rings (SSSR count). The second-order valence-electron chi connectivity index (χ2n) is 7.24. The normalized spacial score (nSPS) is 16.5. The van der Waals surface area contributed by atoms with Gasteiger partial charge in [0.05, 0.1) is 5.57 Å². The Morgan fingerprint density at radius 3 is 2.64 bits per heavy atom. The van der Waals surface area contributed by atoms with Gasteiger partial charge in [-0.25, -0.2) is 4.39 Å². The summed E-state index contributed by atoms with van der Waals surface area (Å²) < 4.78 is 19.5. The first-order valence-electron chi connectivity index (χ1n) is 10.1. The number of carbonyl (C=O) groups is 1. The first kappa shape index (κ1) is 20.8. The first-order valence-corrected chi connectivity index (χ1v) is 10.9. The third kappa shape index (κ3) is 4.33. The summed E-state index contributed by atoms with van der Waals surface area (Å²) in [6.45, 7) is 0.0804. The molecular weight excluding hydrogens is 439 g/mol. The van der Waals surface area contributed by atoms with Gasteiger partial charge in [0.15, 0.2) is 5.84 Å². The van der Waals surface area contributed by atoms with E-state index >= 15 is 0 Å². The van der Waals surface area contributed by atoms with Gasteiger partial charge >= 0.3 is 0 Å². The van der Waals surface area contributed by atoms with Crippen molar-refractivity contribution in [2.75, 3.05) is 0 Å². The van der Waals surface area contributed by atoms with Crippen LogP contribution in [0.5, 0.6) is 5.75 Å². The van der Waals surface area contributed by atoms with E-state index in [1.54, 1.807) is 48.5 Å².